The number of nitrogens with zero attached hydrogens (tertiary/aromatic N) is 1. The molecule has 116 valence electrons. The van der Waals surface area contributed by atoms with Gasteiger partial charge in [-0.25, -0.2) is 0 Å². The smallest absolute Gasteiger partial charge is 0.244 e. The second-order valence-corrected chi connectivity index (χ2v) is 7.14. The van der Waals surface area contributed by atoms with Gasteiger partial charge in [-0.1, -0.05) is 34.1 Å². The molecule has 1 N–H and O–H groups in total. The summed E-state index contributed by atoms with van der Waals surface area (Å²) in [4.78, 5) is 15.0. The molecule has 2 aliphatic rings. The number of carbonyl (C=O) groups excluding carboxylic acids is 1. The molecule has 2 fully saturated rings. The number of methoxy groups -OCH3 is 1. The van der Waals surface area contributed by atoms with Crippen LogP contribution in [0.4, 0.5) is 0 Å². The van der Waals surface area contributed by atoms with E-state index in [9.17, 15) is 4.79 Å². The molecule has 1 aliphatic heterocycles. The summed E-state index contributed by atoms with van der Waals surface area (Å²) in [5, 5.41) is 3.57. The van der Waals surface area contributed by atoms with E-state index in [1.54, 1.807) is 7.11 Å². The second kappa shape index (κ2) is 5.30. The number of ether oxygens (including phenoxy) is 1. The summed E-state index contributed by atoms with van der Waals surface area (Å²) in [6.45, 7) is 10.7. The first-order valence-corrected chi connectivity index (χ1v) is 7.95. The van der Waals surface area contributed by atoms with Crippen LogP contribution < -0.4 is 5.32 Å². The molecule has 1 aliphatic carbocycles. The first kappa shape index (κ1) is 15.8. The number of rotatable bonds is 5. The van der Waals surface area contributed by atoms with Crippen LogP contribution in [0.2, 0.25) is 0 Å². The molecule has 4 heteroatoms. The van der Waals surface area contributed by atoms with Crippen LogP contribution in [0.3, 0.4) is 0 Å². The molecule has 4 nitrogen and oxygen atoms in total. The third kappa shape index (κ3) is 2.17. The van der Waals surface area contributed by atoms with Crippen molar-refractivity contribution < 1.29 is 9.53 Å². The van der Waals surface area contributed by atoms with Crippen LogP contribution >= 0.6 is 0 Å². The van der Waals surface area contributed by atoms with E-state index in [1.165, 1.54) is 0 Å². The minimum atomic E-state index is -0.395. The summed E-state index contributed by atoms with van der Waals surface area (Å²) in [6, 6.07) is 0.289. The largest absolute Gasteiger partial charge is 0.381 e. The molecule has 4 unspecified atom stereocenters. The van der Waals surface area contributed by atoms with Crippen molar-refractivity contribution in [3.8, 4) is 0 Å². The monoisotopic (exact) mass is 282 g/mol. The van der Waals surface area contributed by atoms with Crippen molar-refractivity contribution in [2.45, 2.75) is 84.2 Å². The zero-order valence-electron chi connectivity index (χ0n) is 13.8. The van der Waals surface area contributed by atoms with Crippen molar-refractivity contribution in [3.05, 3.63) is 0 Å². The molecule has 0 bridgehead atoms. The van der Waals surface area contributed by atoms with E-state index < -0.39 is 5.54 Å². The third-order valence-electron chi connectivity index (χ3n) is 5.54. The first-order valence-electron chi connectivity index (χ1n) is 7.95. The van der Waals surface area contributed by atoms with Crippen molar-refractivity contribution >= 4 is 5.91 Å². The van der Waals surface area contributed by atoms with Crippen LogP contribution in [0, 0.1) is 5.41 Å². The highest BCUT2D eigenvalue weighted by Gasteiger charge is 2.58. The Hall–Kier alpha value is -0.610. The van der Waals surface area contributed by atoms with Crippen LogP contribution in [-0.2, 0) is 9.53 Å². The molecule has 1 amide bonds. The van der Waals surface area contributed by atoms with Gasteiger partial charge in [0.05, 0.1) is 17.8 Å². The Morgan fingerprint density at radius 2 is 2.00 bits per heavy atom. The fourth-order valence-electron chi connectivity index (χ4n) is 3.76. The average molecular weight is 282 g/mol. The molecule has 0 aromatic rings. The van der Waals surface area contributed by atoms with Gasteiger partial charge in [0.15, 0.2) is 0 Å². The fraction of sp³-hybridized carbons (Fsp3) is 0.938. The maximum absolute atomic E-state index is 12.9. The molecule has 1 heterocycles. The molecular formula is C16H30N2O2. The lowest BCUT2D eigenvalue weighted by Crippen LogP contribution is -2.64. The van der Waals surface area contributed by atoms with Gasteiger partial charge >= 0.3 is 0 Å². The van der Waals surface area contributed by atoms with E-state index >= 15 is 0 Å². The Labute approximate surface area is 123 Å². The molecule has 0 aromatic carbocycles. The van der Waals surface area contributed by atoms with Crippen LogP contribution in [-0.4, -0.2) is 41.8 Å². The molecule has 20 heavy (non-hydrogen) atoms. The zero-order chi connectivity index (χ0) is 15.1. The fourth-order valence-corrected chi connectivity index (χ4v) is 3.76. The Morgan fingerprint density at radius 3 is 2.45 bits per heavy atom. The van der Waals surface area contributed by atoms with Crippen LogP contribution in [0.1, 0.15) is 60.3 Å². The Kier molecular flexibility index (Phi) is 4.18. The van der Waals surface area contributed by atoms with E-state index in [4.69, 9.17) is 4.74 Å². The van der Waals surface area contributed by atoms with Crippen LogP contribution in [0.15, 0.2) is 0 Å². The van der Waals surface area contributed by atoms with Gasteiger partial charge in [0.1, 0.15) is 0 Å². The van der Waals surface area contributed by atoms with Gasteiger partial charge in [0.25, 0.3) is 0 Å². The topological polar surface area (TPSA) is 41.6 Å². The number of amides is 1. The molecule has 2 rings (SSSR count). The van der Waals surface area contributed by atoms with Crippen LogP contribution in [0.25, 0.3) is 0 Å². The van der Waals surface area contributed by atoms with Gasteiger partial charge < -0.3 is 9.64 Å². The zero-order valence-corrected chi connectivity index (χ0v) is 13.8. The molecule has 4 atom stereocenters. The average Bonchev–Trinajstić information content (AvgIpc) is 2.64. The summed E-state index contributed by atoms with van der Waals surface area (Å²) < 4.78 is 5.54. The molecule has 0 radical (unpaired) electrons. The Bertz CT molecular complexity index is 383. The summed E-state index contributed by atoms with van der Waals surface area (Å²) in [5.74, 6) is 0.270. The standard InChI is InChI=1S/C16H30N2O2/c1-7-9-13-17-16(5,8-2)14(19)18(13)11-10-12(20-6)15(11,3)4/h11-13,17H,7-10H2,1-6H3. The quantitative estimate of drug-likeness (QED) is 0.842. The van der Waals surface area contributed by atoms with Gasteiger partial charge in [-0.05, 0) is 26.2 Å². The van der Waals surface area contributed by atoms with E-state index in [0.717, 1.165) is 25.7 Å². The van der Waals surface area contributed by atoms with Gasteiger partial charge in [-0.15, -0.1) is 0 Å². The highest BCUT2D eigenvalue weighted by Crippen LogP contribution is 2.48. The summed E-state index contributed by atoms with van der Waals surface area (Å²) in [5.41, 5.74) is -0.356. The molecule has 1 saturated carbocycles. The number of hydrogen-bond acceptors (Lipinski definition) is 3. The minimum Gasteiger partial charge on any atom is -0.381 e. The minimum absolute atomic E-state index is 0.0388. The Morgan fingerprint density at radius 1 is 1.35 bits per heavy atom. The van der Waals surface area contributed by atoms with Crippen molar-refractivity contribution in [3.63, 3.8) is 0 Å². The normalized spacial score (nSPS) is 40.0. The van der Waals surface area contributed by atoms with Crippen molar-refractivity contribution in [1.29, 1.82) is 0 Å². The van der Waals surface area contributed by atoms with Crippen molar-refractivity contribution in [1.82, 2.24) is 10.2 Å². The highest BCUT2D eigenvalue weighted by atomic mass is 16.5. The van der Waals surface area contributed by atoms with Crippen molar-refractivity contribution in [2.75, 3.05) is 7.11 Å². The maximum Gasteiger partial charge on any atom is 0.244 e. The second-order valence-electron chi connectivity index (χ2n) is 7.14. The predicted octanol–water partition coefficient (Wildman–Crippen LogP) is 2.53. The lowest BCUT2D eigenvalue weighted by molar-refractivity contribution is -0.164. The molecule has 1 saturated heterocycles. The van der Waals surface area contributed by atoms with Gasteiger partial charge in [0, 0.05) is 18.6 Å². The van der Waals surface area contributed by atoms with Gasteiger partial charge in [-0.2, -0.15) is 0 Å². The summed E-state index contributed by atoms with van der Waals surface area (Å²) in [7, 11) is 1.77. The van der Waals surface area contributed by atoms with E-state index in [0.29, 0.717) is 0 Å². The predicted molar refractivity (Wildman–Crippen MR) is 80.4 cm³/mol. The van der Waals surface area contributed by atoms with E-state index in [1.807, 2.05) is 6.92 Å². The summed E-state index contributed by atoms with van der Waals surface area (Å²) in [6.07, 6.45) is 4.34. The van der Waals surface area contributed by atoms with Gasteiger partial charge in [-0.3, -0.25) is 10.1 Å². The summed E-state index contributed by atoms with van der Waals surface area (Å²) >= 11 is 0. The number of hydrogen-bond donors (Lipinski definition) is 1. The maximum atomic E-state index is 12.9. The SMILES string of the molecule is CCCC1NC(C)(CC)C(=O)N1C1CC(OC)C1(C)C. The van der Waals surface area contributed by atoms with E-state index in [-0.39, 0.29) is 29.6 Å². The van der Waals surface area contributed by atoms with E-state index in [2.05, 4.69) is 37.9 Å². The molecular weight excluding hydrogens is 252 g/mol. The third-order valence-corrected chi connectivity index (χ3v) is 5.54. The Balaban J connectivity index is 2.22. The number of nitrogens with one attached hydrogen (secondary N) is 1. The van der Waals surface area contributed by atoms with Gasteiger partial charge in [0.2, 0.25) is 5.91 Å². The van der Waals surface area contributed by atoms with Crippen molar-refractivity contribution in [2.24, 2.45) is 5.41 Å². The first-order chi connectivity index (χ1) is 9.31. The lowest BCUT2D eigenvalue weighted by Gasteiger charge is -2.55. The molecule has 0 aromatic heterocycles. The highest BCUT2D eigenvalue weighted by molar-refractivity contribution is 5.88. The van der Waals surface area contributed by atoms with Crippen LogP contribution in [0.5, 0.6) is 0 Å². The number of carbonyl (C=O) groups is 1. The molecule has 0 spiro atoms. The lowest BCUT2D eigenvalue weighted by atomic mass is 9.63.